The van der Waals surface area contributed by atoms with Crippen molar-refractivity contribution < 1.29 is 0 Å². The molecule has 0 spiro atoms. The van der Waals surface area contributed by atoms with Gasteiger partial charge in [-0.05, 0) is 28.1 Å². The smallest absolute Gasteiger partial charge is 0.151 e. The largest absolute Gasteiger partial charge is 0.326 e. The van der Waals surface area contributed by atoms with E-state index < -0.39 is 0 Å². The molecule has 7 heteroatoms. The Kier molecular flexibility index (Phi) is 5.12. The summed E-state index contributed by atoms with van der Waals surface area (Å²) in [6.07, 6.45) is 5.41. The summed E-state index contributed by atoms with van der Waals surface area (Å²) in [7, 11) is 0. The Labute approximate surface area is 161 Å². The lowest BCUT2D eigenvalue weighted by atomic mass is 10.0. The third kappa shape index (κ3) is 3.03. The van der Waals surface area contributed by atoms with Crippen LogP contribution in [0.4, 0.5) is 0 Å². The van der Waals surface area contributed by atoms with E-state index in [0.29, 0.717) is 22.2 Å². The van der Waals surface area contributed by atoms with Gasteiger partial charge in [0.25, 0.3) is 0 Å². The molecule has 1 aromatic carbocycles. The summed E-state index contributed by atoms with van der Waals surface area (Å²) in [5.41, 5.74) is 2.04. The van der Waals surface area contributed by atoms with Crippen LogP contribution in [0.3, 0.4) is 0 Å². The van der Waals surface area contributed by atoms with E-state index in [2.05, 4.69) is 33.6 Å². The summed E-state index contributed by atoms with van der Waals surface area (Å²) in [6.45, 7) is 4.40. The number of imidazole rings is 1. The van der Waals surface area contributed by atoms with Gasteiger partial charge in [-0.25, -0.2) is 4.98 Å². The van der Waals surface area contributed by atoms with Gasteiger partial charge in [0, 0.05) is 40.1 Å². The van der Waals surface area contributed by atoms with E-state index in [1.807, 2.05) is 16.8 Å². The van der Waals surface area contributed by atoms with E-state index in [-0.39, 0.29) is 0 Å². The first-order valence-electron chi connectivity index (χ1n) is 6.87. The first-order chi connectivity index (χ1) is 11.6. The maximum Gasteiger partial charge on any atom is 0.151 e. The Bertz CT molecular complexity index is 969. The van der Waals surface area contributed by atoms with Gasteiger partial charge in [0.15, 0.2) is 5.82 Å². The third-order valence-corrected chi connectivity index (χ3v) is 5.83. The van der Waals surface area contributed by atoms with E-state index in [9.17, 15) is 5.26 Å². The number of hydrogen-bond donors (Lipinski definition) is 0. The van der Waals surface area contributed by atoms with Gasteiger partial charge in [-0.2, -0.15) is 5.26 Å². The van der Waals surface area contributed by atoms with Crippen molar-refractivity contribution >= 4 is 50.5 Å². The van der Waals surface area contributed by atoms with Crippen LogP contribution in [0.2, 0.25) is 10.0 Å². The van der Waals surface area contributed by atoms with Crippen molar-refractivity contribution in [1.29, 1.82) is 5.26 Å². The minimum atomic E-state index is 0.493. The summed E-state index contributed by atoms with van der Waals surface area (Å²) >= 11 is 17.3. The topological polar surface area (TPSA) is 41.6 Å². The second-order valence-corrected chi connectivity index (χ2v) is 8.06. The molecule has 3 aromatic rings. The molecule has 0 amide bonds. The van der Waals surface area contributed by atoms with Gasteiger partial charge in [0.05, 0.1) is 14.2 Å². The zero-order chi connectivity index (χ0) is 17.3. The monoisotopic (exact) mass is 437 g/mol. The molecular weight excluding hydrogens is 429 g/mol. The van der Waals surface area contributed by atoms with E-state index in [1.54, 1.807) is 24.4 Å². The first-order valence-corrected chi connectivity index (χ1v) is 9.23. The molecule has 3 rings (SSSR count). The van der Waals surface area contributed by atoms with Crippen LogP contribution in [0.15, 0.2) is 47.0 Å². The molecule has 2 heterocycles. The van der Waals surface area contributed by atoms with Gasteiger partial charge >= 0.3 is 0 Å². The van der Waals surface area contributed by atoms with Crippen molar-refractivity contribution in [2.45, 2.75) is 6.54 Å². The number of allylic oxidation sites excluding steroid dienone is 1. The average Bonchev–Trinajstić information content (AvgIpc) is 3.11. The minimum absolute atomic E-state index is 0.493. The summed E-state index contributed by atoms with van der Waals surface area (Å²) in [4.78, 5) is 5.32. The van der Waals surface area contributed by atoms with Crippen molar-refractivity contribution in [2.75, 3.05) is 0 Å². The summed E-state index contributed by atoms with van der Waals surface area (Å²) < 4.78 is 2.72. The lowest BCUT2D eigenvalue weighted by molar-refractivity contribution is 0.834. The number of hydrogen-bond acceptors (Lipinski definition) is 3. The lowest BCUT2D eigenvalue weighted by Crippen LogP contribution is -1.97. The molecule has 0 saturated carbocycles. The Morgan fingerprint density at radius 3 is 2.88 bits per heavy atom. The molecule has 0 N–H and O–H groups in total. The normalized spacial score (nSPS) is 10.6. The van der Waals surface area contributed by atoms with Crippen molar-refractivity contribution in [2.24, 2.45) is 0 Å². The van der Waals surface area contributed by atoms with Crippen LogP contribution in [0.1, 0.15) is 5.56 Å². The number of rotatable bonds is 4. The van der Waals surface area contributed by atoms with Crippen molar-refractivity contribution in [3.8, 4) is 27.9 Å². The number of benzene rings is 1. The fourth-order valence-electron chi connectivity index (χ4n) is 2.41. The van der Waals surface area contributed by atoms with Crippen molar-refractivity contribution in [3.63, 3.8) is 0 Å². The molecule has 3 nitrogen and oxygen atoms in total. The molecule has 24 heavy (non-hydrogen) atoms. The molecule has 0 radical (unpaired) electrons. The number of thiophene rings is 1. The molecule has 0 aliphatic heterocycles. The number of nitrogens with zero attached hydrogens (tertiary/aromatic N) is 3. The second-order valence-electron chi connectivity index (χ2n) is 4.88. The summed E-state index contributed by atoms with van der Waals surface area (Å²) in [6, 6.07) is 7.51. The maximum atomic E-state index is 9.60. The van der Waals surface area contributed by atoms with Gasteiger partial charge in [-0.15, -0.1) is 17.9 Å². The molecule has 120 valence electrons. The molecule has 0 aliphatic rings. The molecule has 0 aliphatic carbocycles. The Morgan fingerprint density at radius 1 is 1.42 bits per heavy atom. The number of aromatic nitrogens is 2. The van der Waals surface area contributed by atoms with Crippen molar-refractivity contribution in [3.05, 3.63) is 62.6 Å². The van der Waals surface area contributed by atoms with E-state index >= 15 is 0 Å². The highest BCUT2D eigenvalue weighted by Crippen LogP contribution is 2.47. The van der Waals surface area contributed by atoms with Crippen LogP contribution in [0.25, 0.3) is 21.8 Å². The highest BCUT2D eigenvalue weighted by molar-refractivity contribution is 9.11. The molecule has 2 aromatic heterocycles. The van der Waals surface area contributed by atoms with Crippen LogP contribution >= 0.6 is 50.5 Å². The predicted octanol–water partition coefficient (Wildman–Crippen LogP) is 6.41. The van der Waals surface area contributed by atoms with Crippen LogP contribution in [-0.2, 0) is 6.54 Å². The molecule has 0 atom stereocenters. The molecule has 0 unspecified atom stereocenters. The molecule has 0 bridgehead atoms. The van der Waals surface area contributed by atoms with Gasteiger partial charge in [-0.3, -0.25) is 0 Å². The van der Waals surface area contributed by atoms with Gasteiger partial charge in [-0.1, -0.05) is 35.3 Å². The zero-order valence-electron chi connectivity index (χ0n) is 12.3. The first kappa shape index (κ1) is 17.2. The van der Waals surface area contributed by atoms with Crippen LogP contribution in [0, 0.1) is 11.3 Å². The van der Waals surface area contributed by atoms with Gasteiger partial charge in [0.2, 0.25) is 0 Å². The van der Waals surface area contributed by atoms with Crippen LogP contribution in [0.5, 0.6) is 0 Å². The SMILES string of the molecule is C=CCn1ccnc1-c1sc(Br)c(C#N)c1-c1ccc(Cl)cc1Cl. The zero-order valence-corrected chi connectivity index (χ0v) is 16.2. The van der Waals surface area contributed by atoms with Gasteiger partial charge < -0.3 is 4.57 Å². The molecular formula is C17H10BrCl2N3S. The third-order valence-electron chi connectivity index (χ3n) is 3.42. The second kappa shape index (κ2) is 7.12. The summed E-state index contributed by atoms with van der Waals surface area (Å²) in [5, 5.41) is 10.6. The van der Waals surface area contributed by atoms with Crippen LogP contribution in [-0.4, -0.2) is 9.55 Å². The summed E-state index contributed by atoms with van der Waals surface area (Å²) in [5.74, 6) is 0.767. The van der Waals surface area contributed by atoms with Gasteiger partial charge in [0.1, 0.15) is 6.07 Å². The maximum absolute atomic E-state index is 9.60. The average molecular weight is 439 g/mol. The van der Waals surface area contributed by atoms with E-state index in [0.717, 1.165) is 25.6 Å². The van der Waals surface area contributed by atoms with E-state index in [4.69, 9.17) is 23.2 Å². The highest BCUT2D eigenvalue weighted by Gasteiger charge is 2.23. The fourth-order valence-corrected chi connectivity index (χ4v) is 4.69. The van der Waals surface area contributed by atoms with E-state index in [1.165, 1.54) is 11.3 Å². The molecule has 0 saturated heterocycles. The van der Waals surface area contributed by atoms with Crippen LogP contribution < -0.4 is 0 Å². The highest BCUT2D eigenvalue weighted by atomic mass is 79.9. The predicted molar refractivity (Wildman–Crippen MR) is 104 cm³/mol. The minimum Gasteiger partial charge on any atom is -0.326 e. The number of nitriles is 1. The van der Waals surface area contributed by atoms with Crippen molar-refractivity contribution in [1.82, 2.24) is 9.55 Å². The Morgan fingerprint density at radius 2 is 2.21 bits per heavy atom. The molecule has 0 fully saturated rings. The fraction of sp³-hybridized carbons (Fsp3) is 0.0588. The quantitative estimate of drug-likeness (QED) is 0.441. The lowest BCUT2D eigenvalue weighted by Gasteiger charge is -2.09. The standard InChI is InChI=1S/C17H10BrCl2N3S/c1-2-6-23-7-5-22-17(23)15-14(12(9-21)16(18)24-15)11-4-3-10(19)8-13(11)20/h2-5,7-8H,1,6H2. The number of halogens is 3. The Hall–Kier alpha value is -1.58. The Balaban J connectivity index is 2.31.